The molecule has 1 aromatic carbocycles. The first kappa shape index (κ1) is 16.9. The van der Waals surface area contributed by atoms with Gasteiger partial charge in [-0.2, -0.15) is 0 Å². The summed E-state index contributed by atoms with van der Waals surface area (Å²) in [5.41, 5.74) is 0.718. The highest BCUT2D eigenvalue weighted by Crippen LogP contribution is 2.31. The molecule has 0 spiro atoms. The molecule has 1 aliphatic rings. The van der Waals surface area contributed by atoms with Crippen molar-refractivity contribution < 1.29 is 13.9 Å². The number of rotatable bonds is 6. The van der Waals surface area contributed by atoms with Crippen molar-refractivity contribution in [1.29, 1.82) is 0 Å². The molecular weight excluding hydrogens is 307 g/mol. The average molecular weight is 327 g/mol. The van der Waals surface area contributed by atoms with Crippen LogP contribution in [0.5, 0.6) is 0 Å². The van der Waals surface area contributed by atoms with Gasteiger partial charge in [0.1, 0.15) is 5.82 Å². The summed E-state index contributed by atoms with van der Waals surface area (Å²) in [6.45, 7) is 6.34. The number of hydrogen-bond acceptors (Lipinski definition) is 3. The van der Waals surface area contributed by atoms with Crippen LogP contribution in [0.3, 0.4) is 0 Å². The molecule has 1 amide bonds. The predicted octanol–water partition coefficient (Wildman–Crippen LogP) is 2.59. The maximum Gasteiger partial charge on any atom is 0.237 e. The molecule has 1 saturated heterocycles. The summed E-state index contributed by atoms with van der Waals surface area (Å²) in [5.74, 6) is -0.571. The molecule has 0 radical (unpaired) electrons. The molecule has 0 aliphatic carbocycles. The van der Waals surface area contributed by atoms with E-state index in [-0.39, 0.29) is 29.1 Å². The predicted molar refractivity (Wildman–Crippen MR) is 84.3 cm³/mol. The van der Waals surface area contributed by atoms with E-state index in [4.69, 9.17) is 16.3 Å². The van der Waals surface area contributed by atoms with Crippen LogP contribution in [0.2, 0.25) is 5.02 Å². The highest BCUT2D eigenvalue weighted by Gasteiger charge is 2.32. The van der Waals surface area contributed by atoms with E-state index < -0.39 is 5.82 Å². The van der Waals surface area contributed by atoms with Gasteiger partial charge in [-0.1, -0.05) is 23.7 Å². The van der Waals surface area contributed by atoms with E-state index in [1.807, 2.05) is 0 Å². The van der Waals surface area contributed by atoms with Crippen LogP contribution in [0.25, 0.3) is 0 Å². The summed E-state index contributed by atoms with van der Waals surface area (Å²) in [5, 5.41) is 6.07. The molecule has 1 heterocycles. The van der Waals surface area contributed by atoms with E-state index in [9.17, 15) is 9.18 Å². The van der Waals surface area contributed by atoms with E-state index >= 15 is 0 Å². The monoisotopic (exact) mass is 326 g/mol. The first-order valence-electron chi connectivity index (χ1n) is 7.24. The van der Waals surface area contributed by atoms with E-state index in [2.05, 4.69) is 17.2 Å². The number of halogens is 2. The van der Waals surface area contributed by atoms with Gasteiger partial charge in [0.25, 0.3) is 0 Å². The van der Waals surface area contributed by atoms with Crippen molar-refractivity contribution in [3.63, 3.8) is 0 Å². The summed E-state index contributed by atoms with van der Waals surface area (Å²) in [6.07, 6.45) is 2.10. The van der Waals surface area contributed by atoms with E-state index in [1.54, 1.807) is 19.1 Å². The normalized spacial score (nSPS) is 22.3. The second-order valence-corrected chi connectivity index (χ2v) is 5.69. The molecule has 1 aromatic rings. The average Bonchev–Trinajstić information content (AvgIpc) is 2.95. The van der Waals surface area contributed by atoms with Gasteiger partial charge >= 0.3 is 0 Å². The minimum absolute atomic E-state index is 0.0509. The number of carbonyl (C=O) groups excluding carboxylic acids is 1. The summed E-state index contributed by atoms with van der Waals surface area (Å²) in [7, 11) is 0. The number of nitrogens with one attached hydrogen (secondary N) is 2. The number of amides is 1. The van der Waals surface area contributed by atoms with Crippen LogP contribution in [0, 0.1) is 5.82 Å². The van der Waals surface area contributed by atoms with Crippen LogP contribution in [0.1, 0.15) is 25.0 Å². The summed E-state index contributed by atoms with van der Waals surface area (Å²) < 4.78 is 19.3. The Hall–Kier alpha value is -1.43. The van der Waals surface area contributed by atoms with Gasteiger partial charge in [-0.05, 0) is 31.0 Å². The van der Waals surface area contributed by atoms with Crippen LogP contribution in [0.15, 0.2) is 30.9 Å². The molecule has 2 N–H and O–H groups in total. The Balaban J connectivity index is 2.02. The van der Waals surface area contributed by atoms with Gasteiger partial charge in [0.2, 0.25) is 5.91 Å². The Bertz CT molecular complexity index is 553. The van der Waals surface area contributed by atoms with E-state index in [0.717, 1.165) is 12.0 Å². The van der Waals surface area contributed by atoms with Crippen molar-refractivity contribution in [2.75, 3.05) is 13.2 Å². The van der Waals surface area contributed by atoms with Crippen molar-refractivity contribution in [2.24, 2.45) is 0 Å². The van der Waals surface area contributed by atoms with Gasteiger partial charge < -0.3 is 15.4 Å². The van der Waals surface area contributed by atoms with Gasteiger partial charge in [0.15, 0.2) is 0 Å². The fraction of sp³-hybridized carbons (Fsp3) is 0.438. The molecule has 6 heteroatoms. The number of ether oxygens (including phenoxy) is 1. The van der Waals surface area contributed by atoms with Gasteiger partial charge in [-0.25, -0.2) is 4.39 Å². The van der Waals surface area contributed by atoms with Crippen LogP contribution in [-0.2, 0) is 9.53 Å². The lowest BCUT2D eigenvalue weighted by Gasteiger charge is -2.24. The molecule has 0 bridgehead atoms. The van der Waals surface area contributed by atoms with Crippen molar-refractivity contribution in [3.05, 3.63) is 47.3 Å². The molecule has 0 aromatic heterocycles. The van der Waals surface area contributed by atoms with Gasteiger partial charge in [-0.3, -0.25) is 4.79 Å². The van der Waals surface area contributed by atoms with E-state index in [1.165, 1.54) is 12.1 Å². The number of benzene rings is 1. The summed E-state index contributed by atoms with van der Waals surface area (Å²) in [4.78, 5) is 11.9. The SMILES string of the molecule is C=CCNC(=O)C(C)NC1CCOC1c1ccc(Cl)c(F)c1. The molecule has 3 unspecified atom stereocenters. The molecule has 22 heavy (non-hydrogen) atoms. The van der Waals surface area contributed by atoms with Gasteiger partial charge in [-0.15, -0.1) is 6.58 Å². The number of hydrogen-bond donors (Lipinski definition) is 2. The Morgan fingerprint density at radius 1 is 1.64 bits per heavy atom. The first-order chi connectivity index (χ1) is 10.5. The molecule has 3 atom stereocenters. The first-order valence-corrected chi connectivity index (χ1v) is 7.62. The topological polar surface area (TPSA) is 50.4 Å². The number of carbonyl (C=O) groups is 1. The standard InChI is InChI=1S/C16H20ClFN2O2/c1-3-7-19-16(21)10(2)20-14-6-8-22-15(14)11-4-5-12(17)13(18)9-11/h3-5,9-10,14-15,20H,1,6-8H2,2H3,(H,19,21). The van der Waals surface area contributed by atoms with Gasteiger partial charge in [0, 0.05) is 19.2 Å². The smallest absolute Gasteiger partial charge is 0.237 e. The van der Waals surface area contributed by atoms with Crippen molar-refractivity contribution >= 4 is 17.5 Å². The maximum absolute atomic E-state index is 13.6. The molecule has 0 saturated carbocycles. The Labute approximate surface area is 134 Å². The van der Waals surface area contributed by atoms with E-state index in [0.29, 0.717) is 13.2 Å². The highest BCUT2D eigenvalue weighted by atomic mass is 35.5. The summed E-state index contributed by atoms with van der Waals surface area (Å²) in [6, 6.07) is 4.23. The molecule has 2 rings (SSSR count). The zero-order valence-corrected chi connectivity index (χ0v) is 13.2. The lowest BCUT2D eigenvalue weighted by atomic mass is 10.0. The van der Waals surface area contributed by atoms with Crippen LogP contribution in [0.4, 0.5) is 4.39 Å². The molecule has 1 aliphatic heterocycles. The largest absolute Gasteiger partial charge is 0.372 e. The second kappa shape index (κ2) is 7.72. The highest BCUT2D eigenvalue weighted by molar-refractivity contribution is 6.30. The molecule has 120 valence electrons. The van der Waals surface area contributed by atoms with Crippen molar-refractivity contribution in [3.8, 4) is 0 Å². The minimum Gasteiger partial charge on any atom is -0.372 e. The fourth-order valence-corrected chi connectivity index (χ4v) is 2.62. The maximum atomic E-state index is 13.6. The van der Waals surface area contributed by atoms with Crippen molar-refractivity contribution in [2.45, 2.75) is 31.5 Å². The minimum atomic E-state index is -0.467. The quantitative estimate of drug-likeness (QED) is 0.790. The molecular formula is C16H20ClFN2O2. The zero-order valence-electron chi connectivity index (χ0n) is 12.4. The van der Waals surface area contributed by atoms with Crippen LogP contribution >= 0.6 is 11.6 Å². The fourth-order valence-electron chi connectivity index (χ4n) is 2.50. The van der Waals surface area contributed by atoms with Crippen LogP contribution < -0.4 is 10.6 Å². The van der Waals surface area contributed by atoms with Crippen LogP contribution in [-0.4, -0.2) is 31.1 Å². The zero-order chi connectivity index (χ0) is 16.1. The summed E-state index contributed by atoms with van der Waals surface area (Å²) >= 11 is 5.71. The third-order valence-electron chi connectivity index (χ3n) is 3.64. The lowest BCUT2D eigenvalue weighted by Crippen LogP contribution is -2.47. The third-order valence-corrected chi connectivity index (χ3v) is 3.95. The molecule has 4 nitrogen and oxygen atoms in total. The van der Waals surface area contributed by atoms with Crippen molar-refractivity contribution in [1.82, 2.24) is 10.6 Å². The Morgan fingerprint density at radius 3 is 3.09 bits per heavy atom. The van der Waals surface area contributed by atoms with Gasteiger partial charge in [0.05, 0.1) is 17.2 Å². The lowest BCUT2D eigenvalue weighted by molar-refractivity contribution is -0.122. The molecule has 1 fully saturated rings. The second-order valence-electron chi connectivity index (χ2n) is 5.28. The third kappa shape index (κ3) is 4.06. The Morgan fingerprint density at radius 2 is 2.41 bits per heavy atom. The Kier molecular flexibility index (Phi) is 5.94.